The molecule has 9 nitrogen and oxygen atoms in total. The normalized spacial score (nSPS) is 9.88. The first kappa shape index (κ1) is 18.7. The fourth-order valence-corrected chi connectivity index (χ4v) is 2.02. The lowest BCUT2D eigenvalue weighted by molar-refractivity contribution is -0.384. The van der Waals surface area contributed by atoms with Gasteiger partial charge in [0.1, 0.15) is 24.6 Å². The summed E-state index contributed by atoms with van der Waals surface area (Å²) in [6, 6.07) is 13.1. The maximum absolute atomic E-state index is 11.9. The maximum atomic E-state index is 11.9. The highest BCUT2D eigenvalue weighted by Gasteiger charge is 2.17. The van der Waals surface area contributed by atoms with Gasteiger partial charge in [0, 0.05) is 0 Å². The zero-order valence-corrected chi connectivity index (χ0v) is 13.9. The summed E-state index contributed by atoms with van der Waals surface area (Å²) in [6.07, 6.45) is -0.770. The van der Waals surface area contributed by atoms with Crippen LogP contribution in [0.5, 0.6) is 5.75 Å². The number of hydrogen-bond donors (Lipinski definition) is 2. The second-order valence-electron chi connectivity index (χ2n) is 5.10. The SMILES string of the molecule is COc1ccc(NC(=O)CNC(=O)OCc2ccccc2)c([N+](=O)[O-])c1. The highest BCUT2D eigenvalue weighted by Crippen LogP contribution is 2.28. The van der Waals surface area contributed by atoms with Crippen molar-refractivity contribution in [1.82, 2.24) is 5.32 Å². The summed E-state index contributed by atoms with van der Waals surface area (Å²) in [5.74, 6) is -0.341. The van der Waals surface area contributed by atoms with Crippen LogP contribution in [0.25, 0.3) is 0 Å². The number of amides is 2. The molecule has 0 unspecified atom stereocenters. The van der Waals surface area contributed by atoms with Gasteiger partial charge in [0.05, 0.1) is 18.1 Å². The van der Waals surface area contributed by atoms with Crippen LogP contribution in [0, 0.1) is 10.1 Å². The number of nitrogens with zero attached hydrogens (tertiary/aromatic N) is 1. The zero-order valence-electron chi connectivity index (χ0n) is 13.9. The van der Waals surface area contributed by atoms with Gasteiger partial charge in [0.15, 0.2) is 0 Å². The van der Waals surface area contributed by atoms with Crippen LogP contribution in [-0.4, -0.2) is 30.6 Å². The van der Waals surface area contributed by atoms with Crippen LogP contribution < -0.4 is 15.4 Å². The first-order chi connectivity index (χ1) is 12.5. The summed E-state index contributed by atoms with van der Waals surface area (Å²) in [5.41, 5.74) is 0.491. The number of carbonyl (C=O) groups is 2. The molecule has 26 heavy (non-hydrogen) atoms. The lowest BCUT2D eigenvalue weighted by Gasteiger charge is -2.09. The van der Waals surface area contributed by atoms with Gasteiger partial charge < -0.3 is 20.1 Å². The standard InChI is InChI=1S/C17H17N3O6/c1-25-13-7-8-14(15(9-13)20(23)24)19-16(21)10-18-17(22)26-11-12-5-3-2-4-6-12/h2-9H,10-11H2,1H3,(H,18,22)(H,19,21). The van der Waals surface area contributed by atoms with Crippen molar-refractivity contribution in [3.05, 3.63) is 64.2 Å². The van der Waals surface area contributed by atoms with Crippen molar-refractivity contribution < 1.29 is 24.0 Å². The molecule has 0 bridgehead atoms. The number of methoxy groups -OCH3 is 1. The first-order valence-corrected chi connectivity index (χ1v) is 7.56. The Morgan fingerprint density at radius 2 is 1.88 bits per heavy atom. The predicted octanol–water partition coefficient (Wildman–Crippen LogP) is 2.47. The Labute approximate surface area is 149 Å². The lowest BCUT2D eigenvalue weighted by Crippen LogP contribution is -2.33. The van der Waals surface area contributed by atoms with Crippen LogP contribution >= 0.6 is 0 Å². The minimum absolute atomic E-state index is 0.000234. The molecule has 0 aliphatic carbocycles. The van der Waals surface area contributed by atoms with E-state index < -0.39 is 23.5 Å². The number of ether oxygens (including phenoxy) is 2. The van der Waals surface area contributed by atoms with E-state index in [1.165, 1.54) is 25.3 Å². The van der Waals surface area contributed by atoms with E-state index in [1.54, 1.807) is 12.1 Å². The number of nitrogens with one attached hydrogen (secondary N) is 2. The fraction of sp³-hybridized carbons (Fsp3) is 0.176. The average Bonchev–Trinajstić information content (AvgIpc) is 2.65. The molecule has 0 aliphatic heterocycles. The van der Waals surface area contributed by atoms with Gasteiger partial charge in [-0.2, -0.15) is 0 Å². The molecule has 0 fully saturated rings. The van der Waals surface area contributed by atoms with E-state index in [-0.39, 0.29) is 23.7 Å². The van der Waals surface area contributed by atoms with Gasteiger partial charge >= 0.3 is 6.09 Å². The Morgan fingerprint density at radius 1 is 1.15 bits per heavy atom. The first-order valence-electron chi connectivity index (χ1n) is 7.56. The van der Waals surface area contributed by atoms with Crippen LogP contribution in [0.4, 0.5) is 16.2 Å². The second-order valence-corrected chi connectivity index (χ2v) is 5.10. The van der Waals surface area contributed by atoms with Crippen molar-refractivity contribution in [1.29, 1.82) is 0 Å². The Balaban J connectivity index is 1.85. The zero-order chi connectivity index (χ0) is 18.9. The van der Waals surface area contributed by atoms with E-state index in [0.717, 1.165) is 5.56 Å². The lowest BCUT2D eigenvalue weighted by atomic mass is 10.2. The van der Waals surface area contributed by atoms with Gasteiger partial charge in [-0.05, 0) is 17.7 Å². The van der Waals surface area contributed by atoms with Crippen molar-refractivity contribution in [3.63, 3.8) is 0 Å². The van der Waals surface area contributed by atoms with Gasteiger partial charge in [-0.1, -0.05) is 30.3 Å². The number of nitro groups is 1. The Hall–Kier alpha value is -3.62. The molecule has 2 N–H and O–H groups in total. The molecule has 0 saturated heterocycles. The van der Waals surface area contributed by atoms with E-state index in [4.69, 9.17) is 9.47 Å². The van der Waals surface area contributed by atoms with Crippen LogP contribution in [-0.2, 0) is 16.1 Å². The molecule has 2 aromatic rings. The number of carbonyl (C=O) groups excluding carboxylic acids is 2. The molecular formula is C17H17N3O6. The number of benzene rings is 2. The molecule has 0 spiro atoms. The third-order valence-electron chi connectivity index (χ3n) is 3.28. The maximum Gasteiger partial charge on any atom is 0.407 e. The monoisotopic (exact) mass is 359 g/mol. The summed E-state index contributed by atoms with van der Waals surface area (Å²) in [6.45, 7) is -0.324. The number of alkyl carbamates (subject to hydrolysis) is 1. The Morgan fingerprint density at radius 3 is 2.54 bits per heavy atom. The van der Waals surface area contributed by atoms with Gasteiger partial charge in [0.2, 0.25) is 5.91 Å². The summed E-state index contributed by atoms with van der Waals surface area (Å²) in [4.78, 5) is 33.9. The molecule has 0 aromatic heterocycles. The van der Waals surface area contributed by atoms with Gasteiger partial charge in [-0.25, -0.2) is 4.79 Å². The molecule has 0 radical (unpaired) electrons. The molecule has 9 heteroatoms. The molecule has 2 amide bonds. The van der Waals surface area contributed by atoms with Crippen LogP contribution in [0.15, 0.2) is 48.5 Å². The predicted molar refractivity (Wildman–Crippen MR) is 92.9 cm³/mol. The minimum atomic E-state index is -0.770. The molecular weight excluding hydrogens is 342 g/mol. The molecule has 0 atom stereocenters. The number of rotatable bonds is 7. The summed E-state index contributed by atoms with van der Waals surface area (Å²) in [5, 5.41) is 15.7. The van der Waals surface area contributed by atoms with Gasteiger partial charge in [-0.15, -0.1) is 0 Å². The smallest absolute Gasteiger partial charge is 0.407 e. The van der Waals surface area contributed by atoms with Crippen molar-refractivity contribution in [3.8, 4) is 5.75 Å². The van der Waals surface area contributed by atoms with Crippen molar-refractivity contribution in [2.75, 3.05) is 19.0 Å². The highest BCUT2D eigenvalue weighted by atomic mass is 16.6. The summed E-state index contributed by atoms with van der Waals surface area (Å²) < 4.78 is 9.88. The molecule has 2 aromatic carbocycles. The molecule has 2 rings (SSSR count). The van der Waals surface area contributed by atoms with Crippen molar-refractivity contribution in [2.45, 2.75) is 6.61 Å². The van der Waals surface area contributed by atoms with Gasteiger partial charge in [-0.3, -0.25) is 14.9 Å². The van der Waals surface area contributed by atoms with Crippen LogP contribution in [0.2, 0.25) is 0 Å². The average molecular weight is 359 g/mol. The molecule has 0 saturated carbocycles. The topological polar surface area (TPSA) is 120 Å². The number of anilines is 1. The molecule has 136 valence electrons. The van der Waals surface area contributed by atoms with E-state index in [1.807, 2.05) is 18.2 Å². The largest absolute Gasteiger partial charge is 0.496 e. The summed E-state index contributed by atoms with van der Waals surface area (Å²) in [7, 11) is 1.38. The number of nitro benzene ring substituents is 1. The van der Waals surface area contributed by atoms with Crippen LogP contribution in [0.3, 0.4) is 0 Å². The summed E-state index contributed by atoms with van der Waals surface area (Å²) >= 11 is 0. The van der Waals surface area contributed by atoms with E-state index in [0.29, 0.717) is 0 Å². The van der Waals surface area contributed by atoms with Crippen LogP contribution in [0.1, 0.15) is 5.56 Å². The highest BCUT2D eigenvalue weighted by molar-refractivity contribution is 5.95. The van der Waals surface area contributed by atoms with Gasteiger partial charge in [0.25, 0.3) is 5.69 Å². The minimum Gasteiger partial charge on any atom is -0.496 e. The van der Waals surface area contributed by atoms with E-state index >= 15 is 0 Å². The molecule has 0 heterocycles. The third kappa shape index (κ3) is 5.48. The fourth-order valence-electron chi connectivity index (χ4n) is 2.02. The van der Waals surface area contributed by atoms with E-state index in [9.17, 15) is 19.7 Å². The molecule has 0 aliphatic rings. The second kappa shape index (κ2) is 9.02. The Kier molecular flexibility index (Phi) is 6.49. The number of hydrogen-bond acceptors (Lipinski definition) is 6. The van der Waals surface area contributed by atoms with Crippen molar-refractivity contribution in [2.24, 2.45) is 0 Å². The third-order valence-corrected chi connectivity index (χ3v) is 3.28. The Bertz CT molecular complexity index is 794. The quantitative estimate of drug-likeness (QED) is 0.579. The van der Waals surface area contributed by atoms with E-state index in [2.05, 4.69) is 10.6 Å². The van der Waals surface area contributed by atoms with Crippen molar-refractivity contribution >= 4 is 23.4 Å².